The molecule has 1 unspecified atom stereocenters. The molecule has 0 N–H and O–H groups in total. The highest BCUT2D eigenvalue weighted by atomic mass is 16.5. The van der Waals surface area contributed by atoms with E-state index >= 15 is 0 Å². The van der Waals surface area contributed by atoms with Crippen molar-refractivity contribution in [3.05, 3.63) is 35.4 Å². The van der Waals surface area contributed by atoms with Crippen molar-refractivity contribution in [2.24, 2.45) is 16.7 Å². The van der Waals surface area contributed by atoms with Gasteiger partial charge in [-0.05, 0) is 72.8 Å². The number of likely N-dealkylation sites (tertiary alicyclic amines) is 1. The minimum Gasteiger partial charge on any atom is -0.465 e. The zero-order valence-corrected chi connectivity index (χ0v) is 19.4. The largest absolute Gasteiger partial charge is 0.465 e. The maximum absolute atomic E-state index is 13.0. The number of benzene rings is 1. The molecule has 1 aromatic rings. The number of carbonyl (C=O) groups is 2. The highest BCUT2D eigenvalue weighted by Gasteiger charge is 2.54. The van der Waals surface area contributed by atoms with Crippen molar-refractivity contribution < 1.29 is 14.3 Å². The maximum Gasteiger partial charge on any atom is 0.306 e. The second kappa shape index (κ2) is 7.35. The van der Waals surface area contributed by atoms with Crippen molar-refractivity contribution in [2.45, 2.75) is 83.5 Å². The molecule has 2 heterocycles. The summed E-state index contributed by atoms with van der Waals surface area (Å²) in [6.45, 7) is 9.21. The Morgan fingerprint density at radius 3 is 2.45 bits per heavy atom. The number of esters is 1. The average molecular weight is 424 g/mol. The molecule has 2 saturated heterocycles. The summed E-state index contributed by atoms with van der Waals surface area (Å²) in [7, 11) is 0. The number of piperidine rings is 1. The normalized spacial score (nSPS) is 32.4. The van der Waals surface area contributed by atoms with Gasteiger partial charge in [-0.1, -0.05) is 45.0 Å². The van der Waals surface area contributed by atoms with Crippen LogP contribution in [-0.2, 0) is 19.7 Å². The molecule has 4 aliphatic rings. The maximum atomic E-state index is 13.0. The van der Waals surface area contributed by atoms with E-state index < -0.39 is 0 Å². The lowest BCUT2D eigenvalue weighted by atomic mass is 9.61. The quantitative estimate of drug-likeness (QED) is 0.614. The summed E-state index contributed by atoms with van der Waals surface area (Å²) >= 11 is 0. The Bertz CT molecular complexity index is 869. The first kappa shape index (κ1) is 21.0. The molecule has 2 aliphatic carbocycles. The summed E-state index contributed by atoms with van der Waals surface area (Å²) in [6, 6.07) is 9.25. The number of rotatable bonds is 2. The van der Waals surface area contributed by atoms with Crippen LogP contribution in [0, 0.1) is 16.7 Å². The molecule has 0 radical (unpaired) electrons. The van der Waals surface area contributed by atoms with E-state index in [9.17, 15) is 9.59 Å². The van der Waals surface area contributed by atoms with Crippen LogP contribution in [-0.4, -0.2) is 36.5 Å². The Morgan fingerprint density at radius 1 is 1.06 bits per heavy atom. The van der Waals surface area contributed by atoms with Gasteiger partial charge in [-0.3, -0.25) is 9.59 Å². The summed E-state index contributed by atoms with van der Waals surface area (Å²) < 4.78 is 5.16. The number of cyclic esters (lactones) is 1. The topological polar surface area (TPSA) is 46.6 Å². The van der Waals surface area contributed by atoms with Gasteiger partial charge >= 0.3 is 5.97 Å². The van der Waals surface area contributed by atoms with Crippen molar-refractivity contribution in [2.75, 3.05) is 19.7 Å². The van der Waals surface area contributed by atoms with E-state index in [4.69, 9.17) is 4.74 Å². The number of amides is 1. The van der Waals surface area contributed by atoms with Gasteiger partial charge in [-0.25, -0.2) is 0 Å². The van der Waals surface area contributed by atoms with E-state index in [0.29, 0.717) is 30.3 Å². The highest BCUT2D eigenvalue weighted by molar-refractivity contribution is 5.81. The van der Waals surface area contributed by atoms with E-state index in [0.717, 1.165) is 38.8 Å². The molecule has 4 heteroatoms. The predicted molar refractivity (Wildman–Crippen MR) is 121 cm³/mol. The monoisotopic (exact) mass is 423 g/mol. The molecule has 1 aromatic carbocycles. The standard InChI is InChI=1S/C27H37NO3/c1-25(2,3)22-6-4-5-19(13-22)20-7-8-26(14-20)9-11-28(12-10-26)24(30)21-15-27(16-21)17-23(29)31-18-27/h4-6,13,20-21H,7-12,14-18H2,1-3H3. The van der Waals surface area contributed by atoms with Gasteiger partial charge in [0.1, 0.15) is 0 Å². The van der Waals surface area contributed by atoms with E-state index in [2.05, 4.69) is 49.9 Å². The molecular formula is C27H37NO3. The third kappa shape index (κ3) is 3.91. The second-order valence-electron chi connectivity index (χ2n) is 12.1. The molecule has 0 bridgehead atoms. The van der Waals surface area contributed by atoms with Gasteiger partial charge < -0.3 is 9.64 Å². The number of hydrogen-bond acceptors (Lipinski definition) is 3. The van der Waals surface area contributed by atoms with Crippen LogP contribution in [0.25, 0.3) is 0 Å². The van der Waals surface area contributed by atoms with Gasteiger partial charge in [-0.15, -0.1) is 0 Å². The van der Waals surface area contributed by atoms with E-state index in [-0.39, 0.29) is 22.7 Å². The van der Waals surface area contributed by atoms with Gasteiger partial charge in [0, 0.05) is 24.4 Å². The zero-order chi connectivity index (χ0) is 21.9. The third-order valence-corrected chi connectivity index (χ3v) is 8.83. The molecule has 2 aliphatic heterocycles. The van der Waals surface area contributed by atoms with Crippen LogP contribution >= 0.6 is 0 Å². The minimum atomic E-state index is -0.0883. The smallest absolute Gasteiger partial charge is 0.306 e. The third-order valence-electron chi connectivity index (χ3n) is 8.83. The van der Waals surface area contributed by atoms with E-state index in [1.807, 2.05) is 0 Å². The lowest BCUT2D eigenvalue weighted by Crippen LogP contribution is -2.50. The fourth-order valence-corrected chi connectivity index (χ4v) is 6.73. The summed E-state index contributed by atoms with van der Waals surface area (Å²) in [6.07, 6.45) is 8.33. The highest BCUT2D eigenvalue weighted by Crippen LogP contribution is 2.54. The van der Waals surface area contributed by atoms with Crippen LogP contribution < -0.4 is 0 Å². The molecule has 5 rings (SSSR count). The van der Waals surface area contributed by atoms with Gasteiger partial charge in [-0.2, -0.15) is 0 Å². The van der Waals surface area contributed by atoms with Crippen molar-refractivity contribution in [1.29, 1.82) is 0 Å². The van der Waals surface area contributed by atoms with Crippen LogP contribution in [0.3, 0.4) is 0 Å². The molecule has 4 nitrogen and oxygen atoms in total. The van der Waals surface area contributed by atoms with Crippen LogP contribution in [0.4, 0.5) is 0 Å². The zero-order valence-electron chi connectivity index (χ0n) is 19.4. The number of ether oxygens (including phenoxy) is 1. The SMILES string of the molecule is CC(C)(C)c1cccc(C2CCC3(CCN(C(=O)C4CC5(COC(=O)C5)C4)CC3)C2)c1. The fraction of sp³-hybridized carbons (Fsp3) is 0.704. The fourth-order valence-electron chi connectivity index (χ4n) is 6.73. The van der Waals surface area contributed by atoms with Crippen LogP contribution in [0.1, 0.15) is 89.2 Å². The first-order chi connectivity index (χ1) is 14.7. The second-order valence-corrected chi connectivity index (χ2v) is 12.1. The molecule has 1 amide bonds. The Balaban J connectivity index is 1.16. The van der Waals surface area contributed by atoms with Crippen molar-refractivity contribution in [1.82, 2.24) is 4.90 Å². The number of hydrogen-bond donors (Lipinski definition) is 0. The molecule has 0 aromatic heterocycles. The number of nitrogens with zero attached hydrogens (tertiary/aromatic N) is 1. The Labute approximate surface area is 186 Å². The van der Waals surface area contributed by atoms with E-state index in [1.54, 1.807) is 0 Å². The first-order valence-electron chi connectivity index (χ1n) is 12.2. The van der Waals surface area contributed by atoms with Crippen molar-refractivity contribution in [3.63, 3.8) is 0 Å². The molecule has 4 fully saturated rings. The predicted octanol–water partition coefficient (Wildman–Crippen LogP) is 5.20. The summed E-state index contributed by atoms with van der Waals surface area (Å²) in [5.41, 5.74) is 3.53. The van der Waals surface area contributed by atoms with E-state index in [1.165, 1.54) is 30.4 Å². The van der Waals surface area contributed by atoms with Gasteiger partial charge in [0.25, 0.3) is 0 Å². The Kier molecular flexibility index (Phi) is 4.99. The van der Waals surface area contributed by atoms with Crippen LogP contribution in [0.15, 0.2) is 24.3 Å². The summed E-state index contributed by atoms with van der Waals surface area (Å²) in [4.78, 5) is 26.6. The van der Waals surface area contributed by atoms with Crippen LogP contribution in [0.2, 0.25) is 0 Å². The summed E-state index contributed by atoms with van der Waals surface area (Å²) in [5, 5.41) is 0. The molecule has 1 atom stereocenters. The molecule has 31 heavy (non-hydrogen) atoms. The average Bonchev–Trinajstić information content (AvgIpc) is 3.31. The molecule has 2 saturated carbocycles. The molecule has 2 spiro atoms. The van der Waals surface area contributed by atoms with Gasteiger partial charge in [0.2, 0.25) is 5.91 Å². The van der Waals surface area contributed by atoms with Crippen molar-refractivity contribution >= 4 is 11.9 Å². The molecule has 168 valence electrons. The number of carbonyl (C=O) groups excluding carboxylic acids is 2. The lowest BCUT2D eigenvalue weighted by molar-refractivity contribution is -0.146. The molecular weight excluding hydrogens is 386 g/mol. The van der Waals surface area contributed by atoms with Crippen LogP contribution in [0.5, 0.6) is 0 Å². The van der Waals surface area contributed by atoms with Gasteiger partial charge in [0.15, 0.2) is 0 Å². The first-order valence-corrected chi connectivity index (χ1v) is 12.2. The van der Waals surface area contributed by atoms with Crippen molar-refractivity contribution in [3.8, 4) is 0 Å². The minimum absolute atomic E-state index is 0.0192. The lowest BCUT2D eigenvalue weighted by Gasteiger charge is -2.46. The van der Waals surface area contributed by atoms with Gasteiger partial charge in [0.05, 0.1) is 13.0 Å². The Hall–Kier alpha value is -1.84. The summed E-state index contributed by atoms with van der Waals surface area (Å²) in [5.74, 6) is 1.01. The Morgan fingerprint density at radius 2 is 1.81 bits per heavy atom.